The van der Waals surface area contributed by atoms with E-state index in [0.717, 1.165) is 17.0 Å². The lowest BCUT2D eigenvalue weighted by atomic mass is 10.2. The van der Waals surface area contributed by atoms with E-state index in [1.807, 2.05) is 42.5 Å². The summed E-state index contributed by atoms with van der Waals surface area (Å²) in [6.07, 6.45) is 5.01. The summed E-state index contributed by atoms with van der Waals surface area (Å²) >= 11 is 0. The minimum Gasteiger partial charge on any atom is -0.487 e. The van der Waals surface area contributed by atoms with E-state index in [4.69, 9.17) is 4.74 Å². The van der Waals surface area contributed by atoms with Crippen LogP contribution in [0.3, 0.4) is 0 Å². The zero-order valence-corrected chi connectivity index (χ0v) is 14.4. The summed E-state index contributed by atoms with van der Waals surface area (Å²) in [7, 11) is 0. The molecule has 1 aromatic carbocycles. The van der Waals surface area contributed by atoms with Crippen molar-refractivity contribution in [2.45, 2.75) is 13.2 Å². The topological polar surface area (TPSA) is 81.4 Å². The van der Waals surface area contributed by atoms with Crippen LogP contribution in [-0.2, 0) is 13.2 Å². The third kappa shape index (κ3) is 4.09. The van der Waals surface area contributed by atoms with Crippen molar-refractivity contribution in [3.63, 3.8) is 0 Å². The highest BCUT2D eigenvalue weighted by atomic mass is 16.5. The lowest BCUT2D eigenvalue weighted by molar-refractivity contribution is 0.0950. The number of pyridine rings is 2. The first-order chi connectivity index (χ1) is 13.3. The molecule has 0 atom stereocenters. The molecule has 0 saturated carbocycles. The Morgan fingerprint density at radius 3 is 2.78 bits per heavy atom. The number of ether oxygens (including phenoxy) is 1. The predicted octanol–water partition coefficient (Wildman–Crippen LogP) is 2.63. The first-order valence-corrected chi connectivity index (χ1v) is 8.47. The van der Waals surface area contributed by atoms with Gasteiger partial charge in [0.05, 0.1) is 11.3 Å². The third-order valence-electron chi connectivity index (χ3n) is 4.04. The normalized spacial score (nSPS) is 10.7. The monoisotopic (exact) mass is 359 g/mol. The van der Waals surface area contributed by atoms with Crippen LogP contribution >= 0.6 is 0 Å². The fourth-order valence-electron chi connectivity index (χ4n) is 2.59. The van der Waals surface area contributed by atoms with Crippen molar-refractivity contribution in [3.8, 4) is 5.75 Å². The van der Waals surface area contributed by atoms with Crippen molar-refractivity contribution in [2.24, 2.45) is 0 Å². The number of nitrogens with zero attached hydrogens (tertiary/aromatic N) is 4. The van der Waals surface area contributed by atoms with Gasteiger partial charge in [-0.3, -0.25) is 14.2 Å². The number of fused-ring (bicyclic) bond motifs is 1. The highest BCUT2D eigenvalue weighted by molar-refractivity contribution is 5.94. The molecular formula is C20H17N5O2. The summed E-state index contributed by atoms with van der Waals surface area (Å²) in [5, 5.41) is 10.6. The molecule has 0 spiro atoms. The van der Waals surface area contributed by atoms with Crippen molar-refractivity contribution < 1.29 is 9.53 Å². The van der Waals surface area contributed by atoms with Crippen LogP contribution < -0.4 is 10.1 Å². The second-order valence-corrected chi connectivity index (χ2v) is 5.95. The molecule has 1 amide bonds. The number of nitrogens with one attached hydrogen (secondary N) is 1. The van der Waals surface area contributed by atoms with E-state index in [1.54, 1.807) is 35.3 Å². The van der Waals surface area contributed by atoms with E-state index in [9.17, 15) is 4.79 Å². The molecule has 0 aliphatic rings. The van der Waals surface area contributed by atoms with Crippen molar-refractivity contribution in [2.75, 3.05) is 0 Å². The molecule has 0 saturated heterocycles. The molecule has 7 heteroatoms. The molecule has 4 aromatic rings. The van der Waals surface area contributed by atoms with Gasteiger partial charge in [-0.15, -0.1) is 10.2 Å². The quantitative estimate of drug-likeness (QED) is 0.572. The maximum atomic E-state index is 12.3. The van der Waals surface area contributed by atoms with Gasteiger partial charge < -0.3 is 10.1 Å². The second kappa shape index (κ2) is 7.65. The summed E-state index contributed by atoms with van der Waals surface area (Å²) in [5.41, 5.74) is 3.11. The minimum atomic E-state index is -0.152. The minimum absolute atomic E-state index is 0.152. The van der Waals surface area contributed by atoms with E-state index < -0.39 is 0 Å². The summed E-state index contributed by atoms with van der Waals surface area (Å²) in [4.78, 5) is 16.5. The Morgan fingerprint density at radius 2 is 1.96 bits per heavy atom. The maximum Gasteiger partial charge on any atom is 0.253 e. The van der Waals surface area contributed by atoms with Gasteiger partial charge in [-0.25, -0.2) is 0 Å². The molecule has 1 N–H and O–H groups in total. The van der Waals surface area contributed by atoms with Gasteiger partial charge in [-0.2, -0.15) is 0 Å². The van der Waals surface area contributed by atoms with Gasteiger partial charge >= 0.3 is 0 Å². The summed E-state index contributed by atoms with van der Waals surface area (Å²) in [6, 6.07) is 16.8. The molecule has 0 aliphatic carbocycles. The molecule has 134 valence electrons. The fourth-order valence-corrected chi connectivity index (χ4v) is 2.59. The van der Waals surface area contributed by atoms with E-state index in [-0.39, 0.29) is 5.91 Å². The van der Waals surface area contributed by atoms with Gasteiger partial charge in [0.15, 0.2) is 5.65 Å². The van der Waals surface area contributed by atoms with Gasteiger partial charge in [0.25, 0.3) is 5.91 Å². The molecule has 0 unspecified atom stereocenters. The molecule has 3 aromatic heterocycles. The lowest BCUT2D eigenvalue weighted by Gasteiger charge is -2.08. The van der Waals surface area contributed by atoms with Gasteiger partial charge in [0, 0.05) is 18.9 Å². The molecule has 3 heterocycles. The Balaban J connectivity index is 1.32. The zero-order chi connectivity index (χ0) is 18.5. The summed E-state index contributed by atoms with van der Waals surface area (Å²) in [6.45, 7) is 0.849. The van der Waals surface area contributed by atoms with Gasteiger partial charge in [0.1, 0.15) is 18.7 Å². The Bertz CT molecular complexity index is 1040. The molecule has 0 radical (unpaired) electrons. The smallest absolute Gasteiger partial charge is 0.253 e. The Morgan fingerprint density at radius 1 is 1.07 bits per heavy atom. The molecule has 0 aliphatic heterocycles. The SMILES string of the molecule is O=C(NCc1ccc(OCc2ccccn2)cc1)c1ccc2nncn2c1. The predicted molar refractivity (Wildman–Crippen MR) is 99.2 cm³/mol. The highest BCUT2D eigenvalue weighted by Crippen LogP contribution is 2.14. The maximum absolute atomic E-state index is 12.3. The largest absolute Gasteiger partial charge is 0.487 e. The third-order valence-corrected chi connectivity index (χ3v) is 4.04. The van der Waals surface area contributed by atoms with Crippen molar-refractivity contribution in [1.29, 1.82) is 0 Å². The van der Waals surface area contributed by atoms with Crippen LogP contribution in [0.2, 0.25) is 0 Å². The fraction of sp³-hybridized carbons (Fsp3) is 0.100. The van der Waals surface area contributed by atoms with Gasteiger partial charge in [0.2, 0.25) is 0 Å². The van der Waals surface area contributed by atoms with Crippen LogP contribution in [0, 0.1) is 0 Å². The van der Waals surface area contributed by atoms with Crippen molar-refractivity contribution in [3.05, 3.63) is 90.1 Å². The van der Waals surface area contributed by atoms with Gasteiger partial charge in [-0.05, 0) is 42.0 Å². The number of hydrogen-bond donors (Lipinski definition) is 1. The van der Waals surface area contributed by atoms with Crippen molar-refractivity contribution in [1.82, 2.24) is 24.9 Å². The number of aromatic nitrogens is 4. The summed E-state index contributed by atoms with van der Waals surface area (Å²) < 4.78 is 7.42. The van der Waals surface area contributed by atoms with Crippen LogP contribution in [0.25, 0.3) is 5.65 Å². The Hall–Kier alpha value is -3.74. The number of benzene rings is 1. The number of carbonyl (C=O) groups is 1. The first kappa shape index (κ1) is 16.7. The molecule has 4 rings (SSSR count). The molecule has 27 heavy (non-hydrogen) atoms. The number of carbonyl (C=O) groups excluding carboxylic acids is 1. The van der Waals surface area contributed by atoms with E-state index in [2.05, 4.69) is 20.5 Å². The van der Waals surface area contributed by atoms with Crippen LogP contribution in [0.5, 0.6) is 5.75 Å². The molecule has 0 fully saturated rings. The zero-order valence-electron chi connectivity index (χ0n) is 14.4. The van der Waals surface area contributed by atoms with E-state index in [0.29, 0.717) is 24.4 Å². The number of amides is 1. The standard InChI is InChI=1S/C20H17N5O2/c26-20(16-6-9-19-24-23-14-25(19)12-16)22-11-15-4-7-18(8-5-15)27-13-17-3-1-2-10-21-17/h1-10,12,14H,11,13H2,(H,22,26). The number of rotatable bonds is 6. The van der Waals surface area contributed by atoms with Crippen LogP contribution in [0.15, 0.2) is 73.3 Å². The Labute approximate surface area is 155 Å². The highest BCUT2D eigenvalue weighted by Gasteiger charge is 2.07. The van der Waals surface area contributed by atoms with E-state index >= 15 is 0 Å². The van der Waals surface area contributed by atoms with Crippen LogP contribution in [-0.4, -0.2) is 25.5 Å². The summed E-state index contributed by atoms with van der Waals surface area (Å²) in [5.74, 6) is 0.606. The lowest BCUT2D eigenvalue weighted by Crippen LogP contribution is -2.23. The van der Waals surface area contributed by atoms with Crippen LogP contribution in [0.4, 0.5) is 0 Å². The average Bonchev–Trinajstić information content (AvgIpc) is 3.20. The average molecular weight is 359 g/mol. The van der Waals surface area contributed by atoms with Crippen molar-refractivity contribution >= 4 is 11.6 Å². The number of hydrogen-bond acceptors (Lipinski definition) is 5. The molecular weight excluding hydrogens is 342 g/mol. The Kier molecular flexibility index (Phi) is 4.74. The second-order valence-electron chi connectivity index (χ2n) is 5.95. The first-order valence-electron chi connectivity index (χ1n) is 8.47. The van der Waals surface area contributed by atoms with Gasteiger partial charge in [-0.1, -0.05) is 18.2 Å². The van der Waals surface area contributed by atoms with Crippen LogP contribution in [0.1, 0.15) is 21.6 Å². The van der Waals surface area contributed by atoms with E-state index in [1.165, 1.54) is 0 Å². The molecule has 0 bridgehead atoms. The molecule has 7 nitrogen and oxygen atoms in total.